The summed E-state index contributed by atoms with van der Waals surface area (Å²) in [6, 6.07) is 6.42. The van der Waals surface area contributed by atoms with E-state index in [1.165, 1.54) is 38.5 Å². The van der Waals surface area contributed by atoms with Crippen LogP contribution in [0, 0.1) is 23.2 Å². The predicted molar refractivity (Wildman–Crippen MR) is 85.7 cm³/mol. The van der Waals surface area contributed by atoms with Crippen LogP contribution in [0.1, 0.15) is 45.4 Å². The fourth-order valence-electron chi connectivity index (χ4n) is 5.68. The Kier molecular flexibility index (Phi) is 3.10. The average Bonchev–Trinajstić information content (AvgIpc) is 2.46. The second kappa shape index (κ2) is 4.87. The van der Waals surface area contributed by atoms with Gasteiger partial charge < -0.3 is 10.7 Å². The monoisotopic (exact) mass is 286 g/mol. The van der Waals surface area contributed by atoms with Crippen LogP contribution in [0.5, 0.6) is 0 Å². The molecule has 4 heteroatoms. The van der Waals surface area contributed by atoms with Gasteiger partial charge in [0.2, 0.25) is 0 Å². The third-order valence-corrected chi connectivity index (χ3v) is 6.27. The van der Waals surface area contributed by atoms with Crippen molar-refractivity contribution in [3.63, 3.8) is 0 Å². The number of nitrogens with zero attached hydrogens (tertiary/aromatic N) is 1. The number of hydrogen-bond donors (Lipinski definition) is 3. The molecule has 1 heterocycles. The molecular weight excluding hydrogens is 260 g/mol. The van der Waals surface area contributed by atoms with E-state index in [1.807, 2.05) is 18.2 Å². The van der Waals surface area contributed by atoms with E-state index in [4.69, 9.17) is 5.84 Å². The highest BCUT2D eigenvalue weighted by Gasteiger charge is 2.53. The lowest BCUT2D eigenvalue weighted by Gasteiger charge is -2.59. The van der Waals surface area contributed by atoms with E-state index in [2.05, 4.69) is 22.7 Å². The van der Waals surface area contributed by atoms with Gasteiger partial charge in [0.1, 0.15) is 11.6 Å². The maximum atomic E-state index is 5.46. The van der Waals surface area contributed by atoms with Gasteiger partial charge in [-0.15, -0.1) is 0 Å². The summed E-state index contributed by atoms with van der Waals surface area (Å²) >= 11 is 0. The molecule has 1 aromatic heterocycles. The molecule has 4 aliphatic carbocycles. The summed E-state index contributed by atoms with van der Waals surface area (Å²) in [5, 5.41) is 3.67. The van der Waals surface area contributed by atoms with Gasteiger partial charge in [-0.05, 0) is 80.8 Å². The SMILES string of the molecule is CC(Nc1cccc(NN)n1)C12CC3CC(CC(C3)C1)C2. The minimum atomic E-state index is 0.492. The molecule has 0 aromatic carbocycles. The van der Waals surface area contributed by atoms with Crippen molar-refractivity contribution in [3.05, 3.63) is 18.2 Å². The molecule has 4 nitrogen and oxygen atoms in total. The Hall–Kier alpha value is -1.29. The van der Waals surface area contributed by atoms with Crippen molar-refractivity contribution in [2.24, 2.45) is 29.0 Å². The van der Waals surface area contributed by atoms with Crippen LogP contribution in [0.2, 0.25) is 0 Å². The molecule has 0 aliphatic heterocycles. The standard InChI is InChI=1S/C17H26N4/c1-11(19-15-3-2-4-16(20-15)21-18)17-8-12-5-13(9-17)7-14(6-12)10-17/h2-4,11-14H,5-10,18H2,1H3,(H2,19,20,21). The van der Waals surface area contributed by atoms with Crippen molar-refractivity contribution < 1.29 is 0 Å². The van der Waals surface area contributed by atoms with E-state index in [0.29, 0.717) is 11.5 Å². The molecule has 0 amide bonds. The third-order valence-electron chi connectivity index (χ3n) is 6.27. The first-order valence-corrected chi connectivity index (χ1v) is 8.37. The summed E-state index contributed by atoms with van der Waals surface area (Å²) in [6.07, 6.45) is 8.75. The van der Waals surface area contributed by atoms with E-state index in [9.17, 15) is 0 Å². The van der Waals surface area contributed by atoms with Crippen molar-refractivity contribution in [2.45, 2.75) is 51.5 Å². The molecule has 1 aromatic rings. The van der Waals surface area contributed by atoms with Crippen molar-refractivity contribution >= 4 is 11.6 Å². The fraction of sp³-hybridized carbons (Fsp3) is 0.706. The number of rotatable bonds is 4. The molecule has 4 aliphatic rings. The zero-order chi connectivity index (χ0) is 14.4. The van der Waals surface area contributed by atoms with Crippen molar-refractivity contribution in [3.8, 4) is 0 Å². The minimum Gasteiger partial charge on any atom is -0.367 e. The fourth-order valence-corrected chi connectivity index (χ4v) is 5.68. The van der Waals surface area contributed by atoms with Gasteiger partial charge in [0.05, 0.1) is 0 Å². The van der Waals surface area contributed by atoms with Gasteiger partial charge in [0.25, 0.3) is 0 Å². The number of anilines is 2. The molecule has 21 heavy (non-hydrogen) atoms. The number of hydrogen-bond acceptors (Lipinski definition) is 4. The molecule has 4 saturated carbocycles. The Morgan fingerprint density at radius 1 is 1.10 bits per heavy atom. The zero-order valence-electron chi connectivity index (χ0n) is 12.8. The highest BCUT2D eigenvalue weighted by molar-refractivity contribution is 5.45. The van der Waals surface area contributed by atoms with E-state index in [0.717, 1.165) is 29.4 Å². The van der Waals surface area contributed by atoms with E-state index < -0.39 is 0 Å². The highest BCUT2D eigenvalue weighted by Crippen LogP contribution is 2.61. The minimum absolute atomic E-state index is 0.492. The van der Waals surface area contributed by atoms with Gasteiger partial charge in [-0.3, -0.25) is 0 Å². The summed E-state index contributed by atoms with van der Waals surface area (Å²) in [5.41, 5.74) is 3.13. The molecule has 4 bridgehead atoms. The number of nitrogen functional groups attached to an aromatic ring is 1. The average molecular weight is 286 g/mol. The number of nitrogens with two attached hydrogens (primary N) is 1. The van der Waals surface area contributed by atoms with Gasteiger partial charge >= 0.3 is 0 Å². The zero-order valence-corrected chi connectivity index (χ0v) is 12.8. The number of hydrazine groups is 1. The van der Waals surface area contributed by atoms with E-state index in [-0.39, 0.29) is 0 Å². The Bertz CT molecular complexity index is 492. The molecule has 4 N–H and O–H groups in total. The second-order valence-corrected chi connectivity index (χ2v) is 7.70. The first-order valence-electron chi connectivity index (χ1n) is 8.37. The molecule has 1 atom stereocenters. The van der Waals surface area contributed by atoms with Crippen LogP contribution in [-0.2, 0) is 0 Å². The van der Waals surface area contributed by atoms with Crippen LogP contribution in [0.4, 0.5) is 11.6 Å². The van der Waals surface area contributed by atoms with Gasteiger partial charge in [-0.1, -0.05) is 6.07 Å². The van der Waals surface area contributed by atoms with Gasteiger partial charge in [-0.2, -0.15) is 0 Å². The highest BCUT2D eigenvalue weighted by atomic mass is 15.3. The van der Waals surface area contributed by atoms with Crippen LogP contribution in [0.25, 0.3) is 0 Å². The first kappa shape index (κ1) is 13.4. The van der Waals surface area contributed by atoms with Crippen LogP contribution in [0.15, 0.2) is 18.2 Å². The summed E-state index contributed by atoms with van der Waals surface area (Å²) < 4.78 is 0. The molecule has 1 unspecified atom stereocenters. The van der Waals surface area contributed by atoms with Crippen LogP contribution >= 0.6 is 0 Å². The van der Waals surface area contributed by atoms with Gasteiger partial charge in [0, 0.05) is 6.04 Å². The molecular formula is C17H26N4. The normalized spacial score (nSPS) is 38.3. The summed E-state index contributed by atoms with van der Waals surface area (Å²) in [6.45, 7) is 2.36. The summed E-state index contributed by atoms with van der Waals surface area (Å²) in [7, 11) is 0. The Labute approximate surface area is 126 Å². The third kappa shape index (κ3) is 2.30. The van der Waals surface area contributed by atoms with Gasteiger partial charge in [-0.25, -0.2) is 10.8 Å². The van der Waals surface area contributed by atoms with Crippen LogP contribution in [-0.4, -0.2) is 11.0 Å². The van der Waals surface area contributed by atoms with Crippen LogP contribution in [0.3, 0.4) is 0 Å². The Morgan fingerprint density at radius 2 is 1.67 bits per heavy atom. The quantitative estimate of drug-likeness (QED) is 0.586. The lowest BCUT2D eigenvalue weighted by molar-refractivity contribution is -0.0603. The Balaban J connectivity index is 1.53. The molecule has 0 saturated heterocycles. The van der Waals surface area contributed by atoms with Crippen LogP contribution < -0.4 is 16.6 Å². The maximum absolute atomic E-state index is 5.46. The molecule has 5 rings (SSSR count). The summed E-state index contributed by atoms with van der Waals surface area (Å²) in [4.78, 5) is 4.51. The number of pyridine rings is 1. The lowest BCUT2D eigenvalue weighted by atomic mass is 9.48. The predicted octanol–water partition coefficient (Wildman–Crippen LogP) is 3.38. The molecule has 0 spiro atoms. The topological polar surface area (TPSA) is 63.0 Å². The molecule has 114 valence electrons. The summed E-state index contributed by atoms with van der Waals surface area (Å²) in [5.74, 6) is 10.1. The second-order valence-electron chi connectivity index (χ2n) is 7.70. The number of nitrogens with one attached hydrogen (secondary N) is 2. The van der Waals surface area contributed by atoms with E-state index >= 15 is 0 Å². The smallest absolute Gasteiger partial charge is 0.142 e. The van der Waals surface area contributed by atoms with Crippen molar-refractivity contribution in [1.29, 1.82) is 0 Å². The molecule has 0 radical (unpaired) electrons. The largest absolute Gasteiger partial charge is 0.367 e. The van der Waals surface area contributed by atoms with Crippen molar-refractivity contribution in [2.75, 3.05) is 10.7 Å². The lowest BCUT2D eigenvalue weighted by Crippen LogP contribution is -2.53. The first-order chi connectivity index (χ1) is 10.2. The molecule has 4 fully saturated rings. The van der Waals surface area contributed by atoms with Gasteiger partial charge in [0.15, 0.2) is 0 Å². The Morgan fingerprint density at radius 3 is 2.24 bits per heavy atom. The number of aromatic nitrogens is 1. The van der Waals surface area contributed by atoms with E-state index in [1.54, 1.807) is 0 Å². The maximum Gasteiger partial charge on any atom is 0.142 e. The van der Waals surface area contributed by atoms with Crippen molar-refractivity contribution in [1.82, 2.24) is 4.98 Å².